The maximum absolute atomic E-state index is 12.6. The van der Waals surface area contributed by atoms with Crippen LogP contribution in [0.2, 0.25) is 0 Å². The second kappa shape index (κ2) is 6.74. The number of halogens is 4. The summed E-state index contributed by atoms with van der Waals surface area (Å²) >= 11 is 2.82. The summed E-state index contributed by atoms with van der Waals surface area (Å²) in [5.74, 6) is -1.62. The zero-order valence-electron chi connectivity index (χ0n) is 10.4. The van der Waals surface area contributed by atoms with Gasteiger partial charge >= 0.3 is 12.1 Å². The molecule has 110 valence electrons. The number of methoxy groups -OCH3 is 1. The van der Waals surface area contributed by atoms with Crippen LogP contribution in [0, 0.1) is 0 Å². The van der Waals surface area contributed by atoms with Crippen molar-refractivity contribution in [1.82, 2.24) is 0 Å². The van der Waals surface area contributed by atoms with E-state index in [1.165, 1.54) is 24.3 Å². The van der Waals surface area contributed by atoms with Crippen molar-refractivity contribution in [2.45, 2.75) is 6.18 Å². The highest BCUT2D eigenvalue weighted by Gasteiger charge is 2.35. The zero-order valence-corrected chi connectivity index (χ0v) is 12.0. The monoisotopic (exact) mass is 353 g/mol. The molecule has 0 aliphatic heterocycles. The lowest BCUT2D eigenvalue weighted by atomic mass is 10.1. The highest BCUT2D eigenvalue weighted by molar-refractivity contribution is 9.09. The predicted molar refractivity (Wildman–Crippen MR) is 70.0 cm³/mol. The van der Waals surface area contributed by atoms with E-state index in [1.54, 1.807) is 0 Å². The molecule has 0 N–H and O–H groups in total. The summed E-state index contributed by atoms with van der Waals surface area (Å²) < 4.78 is 42.2. The Morgan fingerprint density at radius 2 is 1.90 bits per heavy atom. The molecule has 0 saturated carbocycles. The summed E-state index contributed by atoms with van der Waals surface area (Å²) in [5.41, 5.74) is -0.241. The number of para-hydroxylation sites is 1. The first-order valence-corrected chi connectivity index (χ1v) is 6.52. The van der Waals surface area contributed by atoms with Crippen molar-refractivity contribution in [3.63, 3.8) is 0 Å². The second-order valence-corrected chi connectivity index (χ2v) is 4.30. The fraction of sp³-hybridized carbons (Fsp3) is 0.333. The van der Waals surface area contributed by atoms with Gasteiger partial charge in [0.25, 0.3) is 0 Å². The van der Waals surface area contributed by atoms with Crippen molar-refractivity contribution < 1.29 is 27.5 Å². The minimum absolute atomic E-state index is 0.103. The Hall–Kier alpha value is -1.57. The molecule has 0 fully saturated rings. The van der Waals surface area contributed by atoms with Crippen molar-refractivity contribution in [2.24, 2.45) is 0 Å². The van der Waals surface area contributed by atoms with Gasteiger partial charge in [-0.1, -0.05) is 28.1 Å². The van der Waals surface area contributed by atoms with Crippen LogP contribution in [0.1, 0.15) is 10.4 Å². The Balaban J connectivity index is 3.27. The van der Waals surface area contributed by atoms with Crippen LogP contribution < -0.4 is 4.90 Å². The van der Waals surface area contributed by atoms with Crippen LogP contribution in [0.15, 0.2) is 24.3 Å². The Bertz CT molecular complexity index is 505. The maximum Gasteiger partial charge on any atom is 0.406 e. The number of carbonyl (C=O) groups excluding carboxylic acids is 2. The van der Waals surface area contributed by atoms with Crippen LogP contribution in [-0.2, 0) is 9.53 Å². The summed E-state index contributed by atoms with van der Waals surface area (Å²) in [6.45, 7) is -1.48. The minimum Gasteiger partial charge on any atom is -0.465 e. The van der Waals surface area contributed by atoms with Crippen molar-refractivity contribution in [1.29, 1.82) is 0 Å². The first-order chi connectivity index (χ1) is 9.30. The molecule has 0 aliphatic carbocycles. The number of carbonyl (C=O) groups is 2. The van der Waals surface area contributed by atoms with Crippen LogP contribution >= 0.6 is 15.9 Å². The van der Waals surface area contributed by atoms with Crippen molar-refractivity contribution in [2.75, 3.05) is 23.9 Å². The number of ether oxygens (including phenoxy) is 1. The number of hydrogen-bond acceptors (Lipinski definition) is 3. The highest BCUT2D eigenvalue weighted by Crippen LogP contribution is 2.26. The van der Waals surface area contributed by atoms with Crippen LogP contribution in [0.25, 0.3) is 0 Å². The number of nitrogens with zero attached hydrogens (tertiary/aromatic N) is 1. The first kappa shape index (κ1) is 16.5. The molecule has 1 aromatic rings. The molecular weight excluding hydrogens is 343 g/mol. The third-order valence-corrected chi connectivity index (χ3v) is 2.83. The maximum atomic E-state index is 12.6. The van der Waals surface area contributed by atoms with Gasteiger partial charge < -0.3 is 9.64 Å². The first-order valence-electron chi connectivity index (χ1n) is 5.40. The van der Waals surface area contributed by atoms with Crippen LogP contribution in [0.5, 0.6) is 0 Å². The van der Waals surface area contributed by atoms with E-state index < -0.39 is 24.6 Å². The molecule has 8 heteroatoms. The quantitative estimate of drug-likeness (QED) is 0.617. The minimum atomic E-state index is -4.58. The molecular formula is C12H11BrF3NO3. The number of anilines is 1. The van der Waals surface area contributed by atoms with E-state index in [9.17, 15) is 22.8 Å². The fourth-order valence-corrected chi connectivity index (χ4v) is 1.85. The summed E-state index contributed by atoms with van der Waals surface area (Å²) in [6, 6.07) is 5.47. The number of benzene rings is 1. The van der Waals surface area contributed by atoms with Crippen LogP contribution in [0.4, 0.5) is 18.9 Å². The Morgan fingerprint density at radius 1 is 1.30 bits per heavy atom. The van der Waals surface area contributed by atoms with Gasteiger partial charge in [0.05, 0.1) is 23.7 Å². The lowest BCUT2D eigenvalue weighted by molar-refractivity contribution is -0.131. The van der Waals surface area contributed by atoms with Gasteiger partial charge in [-0.3, -0.25) is 4.79 Å². The van der Waals surface area contributed by atoms with E-state index >= 15 is 0 Å². The van der Waals surface area contributed by atoms with E-state index in [0.717, 1.165) is 7.11 Å². The third kappa shape index (κ3) is 4.22. The second-order valence-electron chi connectivity index (χ2n) is 3.74. The fourth-order valence-electron chi connectivity index (χ4n) is 1.55. The van der Waals surface area contributed by atoms with E-state index in [0.29, 0.717) is 4.90 Å². The van der Waals surface area contributed by atoms with Gasteiger partial charge in [0, 0.05) is 0 Å². The number of rotatable bonds is 4. The summed E-state index contributed by atoms with van der Waals surface area (Å²) in [4.78, 5) is 23.7. The molecule has 1 aromatic carbocycles. The molecule has 0 atom stereocenters. The normalized spacial score (nSPS) is 11.1. The van der Waals surface area contributed by atoms with Gasteiger partial charge in [-0.05, 0) is 12.1 Å². The summed E-state index contributed by atoms with van der Waals surface area (Å²) in [6.07, 6.45) is -4.58. The lowest BCUT2D eigenvalue weighted by Gasteiger charge is -2.25. The zero-order chi connectivity index (χ0) is 15.3. The molecule has 0 bridgehead atoms. The highest BCUT2D eigenvalue weighted by atomic mass is 79.9. The molecule has 0 heterocycles. The predicted octanol–water partition coefficient (Wildman–Crippen LogP) is 2.76. The number of amides is 1. The van der Waals surface area contributed by atoms with Gasteiger partial charge in [0.15, 0.2) is 0 Å². The van der Waals surface area contributed by atoms with Gasteiger partial charge in [-0.25, -0.2) is 4.79 Å². The van der Waals surface area contributed by atoms with E-state index in [-0.39, 0.29) is 16.6 Å². The molecule has 1 rings (SSSR count). The van der Waals surface area contributed by atoms with E-state index in [4.69, 9.17) is 0 Å². The van der Waals surface area contributed by atoms with Gasteiger partial charge in [-0.2, -0.15) is 13.2 Å². The number of hydrogen-bond donors (Lipinski definition) is 0. The number of alkyl halides is 4. The molecule has 0 aliphatic rings. The molecule has 20 heavy (non-hydrogen) atoms. The molecule has 0 saturated heterocycles. The van der Waals surface area contributed by atoms with Gasteiger partial charge in [-0.15, -0.1) is 0 Å². The molecule has 0 unspecified atom stereocenters. The smallest absolute Gasteiger partial charge is 0.406 e. The third-order valence-electron chi connectivity index (χ3n) is 2.35. The van der Waals surface area contributed by atoms with Crippen molar-refractivity contribution in [3.8, 4) is 0 Å². The standard InChI is InChI=1S/C12H11BrF3NO3/c1-20-11(19)8-4-2-3-5-9(8)17(10(18)6-13)7-12(14,15)16/h2-5H,6-7H2,1H3. The van der Waals surface area contributed by atoms with Crippen molar-refractivity contribution >= 4 is 33.5 Å². The topological polar surface area (TPSA) is 46.6 Å². The lowest BCUT2D eigenvalue weighted by Crippen LogP contribution is -2.40. The summed E-state index contributed by atoms with van der Waals surface area (Å²) in [7, 11) is 1.11. The molecule has 1 amide bonds. The van der Waals surface area contributed by atoms with E-state index in [1.807, 2.05) is 0 Å². The molecule has 4 nitrogen and oxygen atoms in total. The number of esters is 1. The summed E-state index contributed by atoms with van der Waals surface area (Å²) in [5, 5.41) is -0.293. The molecule has 0 spiro atoms. The van der Waals surface area contributed by atoms with Crippen molar-refractivity contribution in [3.05, 3.63) is 29.8 Å². The van der Waals surface area contributed by atoms with E-state index in [2.05, 4.69) is 20.7 Å². The average Bonchev–Trinajstić information content (AvgIpc) is 2.42. The Labute approximate surface area is 121 Å². The SMILES string of the molecule is COC(=O)c1ccccc1N(CC(F)(F)F)C(=O)CBr. The Morgan fingerprint density at radius 3 is 2.40 bits per heavy atom. The van der Waals surface area contributed by atoms with Crippen LogP contribution in [0.3, 0.4) is 0 Å². The van der Waals surface area contributed by atoms with Gasteiger partial charge in [0.2, 0.25) is 5.91 Å². The Kier molecular flexibility index (Phi) is 5.55. The largest absolute Gasteiger partial charge is 0.465 e. The average molecular weight is 354 g/mol. The molecule has 0 radical (unpaired) electrons. The van der Waals surface area contributed by atoms with Crippen LogP contribution in [-0.4, -0.2) is 37.0 Å². The van der Waals surface area contributed by atoms with Gasteiger partial charge in [0.1, 0.15) is 6.54 Å². The molecule has 0 aromatic heterocycles.